The van der Waals surface area contributed by atoms with E-state index in [9.17, 15) is 4.79 Å². The number of hydrogen-bond acceptors (Lipinski definition) is 5. The summed E-state index contributed by atoms with van der Waals surface area (Å²) in [6, 6.07) is 0. The zero-order valence-corrected chi connectivity index (χ0v) is 12.2. The SMILES string of the molecule is Cn1ncc(C(=O)Nc2nc(C(C)(C)C)cs2)c1N. The van der Waals surface area contributed by atoms with E-state index in [-0.39, 0.29) is 11.3 Å². The smallest absolute Gasteiger partial charge is 0.262 e. The Kier molecular flexibility index (Phi) is 3.32. The number of rotatable bonds is 2. The molecule has 0 bridgehead atoms. The maximum atomic E-state index is 12.0. The zero-order chi connectivity index (χ0) is 14.2. The highest BCUT2D eigenvalue weighted by atomic mass is 32.1. The highest BCUT2D eigenvalue weighted by molar-refractivity contribution is 7.14. The summed E-state index contributed by atoms with van der Waals surface area (Å²) >= 11 is 1.40. The number of nitrogens with zero attached hydrogens (tertiary/aromatic N) is 3. The van der Waals surface area contributed by atoms with Gasteiger partial charge in [-0.05, 0) is 0 Å². The molecule has 0 unspecified atom stereocenters. The Balaban J connectivity index is 2.16. The summed E-state index contributed by atoms with van der Waals surface area (Å²) in [5.41, 5.74) is 7.03. The van der Waals surface area contributed by atoms with Gasteiger partial charge in [-0.15, -0.1) is 11.3 Å². The minimum Gasteiger partial charge on any atom is -0.383 e. The Bertz CT molecular complexity index is 608. The molecule has 0 aliphatic rings. The van der Waals surface area contributed by atoms with Gasteiger partial charge in [-0.3, -0.25) is 14.8 Å². The highest BCUT2D eigenvalue weighted by Gasteiger charge is 2.19. The molecule has 102 valence electrons. The summed E-state index contributed by atoms with van der Waals surface area (Å²) in [6.07, 6.45) is 1.45. The van der Waals surface area contributed by atoms with E-state index in [1.54, 1.807) is 7.05 Å². The molecule has 7 heteroatoms. The summed E-state index contributed by atoms with van der Waals surface area (Å²) in [4.78, 5) is 16.4. The van der Waals surface area contributed by atoms with Crippen LogP contribution in [0.1, 0.15) is 36.8 Å². The number of hydrogen-bond donors (Lipinski definition) is 2. The third kappa shape index (κ3) is 2.76. The molecular formula is C12H17N5OS. The van der Waals surface area contributed by atoms with Crippen molar-refractivity contribution in [1.29, 1.82) is 0 Å². The second-order valence-electron chi connectivity index (χ2n) is 5.31. The van der Waals surface area contributed by atoms with E-state index < -0.39 is 0 Å². The minimum absolute atomic E-state index is 0.0349. The van der Waals surface area contributed by atoms with Gasteiger partial charge in [0.05, 0.1) is 11.9 Å². The van der Waals surface area contributed by atoms with Crippen molar-refractivity contribution in [3.05, 3.63) is 22.8 Å². The van der Waals surface area contributed by atoms with Crippen LogP contribution in [0.25, 0.3) is 0 Å². The number of nitrogens with two attached hydrogens (primary N) is 1. The number of carbonyl (C=O) groups is 1. The van der Waals surface area contributed by atoms with Gasteiger partial charge in [-0.2, -0.15) is 5.10 Å². The van der Waals surface area contributed by atoms with E-state index in [1.807, 2.05) is 5.38 Å². The van der Waals surface area contributed by atoms with Gasteiger partial charge >= 0.3 is 0 Å². The molecule has 0 spiro atoms. The van der Waals surface area contributed by atoms with Crippen LogP contribution in [0, 0.1) is 0 Å². The van der Waals surface area contributed by atoms with E-state index in [4.69, 9.17) is 5.73 Å². The molecule has 3 N–H and O–H groups in total. The van der Waals surface area contributed by atoms with Gasteiger partial charge in [0.15, 0.2) is 5.13 Å². The first-order valence-corrected chi connectivity index (χ1v) is 6.72. The topological polar surface area (TPSA) is 85.8 Å². The van der Waals surface area contributed by atoms with Crippen LogP contribution < -0.4 is 11.1 Å². The predicted molar refractivity (Wildman–Crippen MR) is 76.4 cm³/mol. The molecule has 0 atom stereocenters. The lowest BCUT2D eigenvalue weighted by Gasteiger charge is -2.14. The van der Waals surface area contributed by atoms with E-state index in [2.05, 4.69) is 36.2 Å². The van der Waals surface area contributed by atoms with Crippen LogP contribution in [-0.4, -0.2) is 20.7 Å². The number of amides is 1. The number of carbonyl (C=O) groups excluding carboxylic acids is 1. The molecule has 2 aromatic heterocycles. The molecule has 0 aliphatic heterocycles. The molecule has 2 heterocycles. The number of nitrogen functional groups attached to an aromatic ring is 1. The molecule has 19 heavy (non-hydrogen) atoms. The quantitative estimate of drug-likeness (QED) is 0.880. The average molecular weight is 279 g/mol. The van der Waals surface area contributed by atoms with Crippen molar-refractivity contribution in [3.63, 3.8) is 0 Å². The maximum absolute atomic E-state index is 12.0. The Labute approximate surface area is 115 Å². The summed E-state index contributed by atoms with van der Waals surface area (Å²) < 4.78 is 1.46. The van der Waals surface area contributed by atoms with Crippen LogP contribution in [0.15, 0.2) is 11.6 Å². The number of aryl methyl sites for hydroxylation is 1. The molecule has 0 saturated carbocycles. The Morgan fingerprint density at radius 2 is 2.16 bits per heavy atom. The van der Waals surface area contributed by atoms with Gasteiger partial charge < -0.3 is 5.73 Å². The summed E-state index contributed by atoms with van der Waals surface area (Å²) in [5, 5.41) is 9.19. The van der Waals surface area contributed by atoms with Gasteiger partial charge in [0, 0.05) is 17.8 Å². The number of aromatic nitrogens is 3. The molecule has 1 amide bonds. The highest BCUT2D eigenvalue weighted by Crippen LogP contribution is 2.26. The van der Waals surface area contributed by atoms with Gasteiger partial charge in [0.25, 0.3) is 5.91 Å². The van der Waals surface area contributed by atoms with Crippen molar-refractivity contribution in [2.75, 3.05) is 11.1 Å². The largest absolute Gasteiger partial charge is 0.383 e. The fourth-order valence-electron chi connectivity index (χ4n) is 1.46. The van der Waals surface area contributed by atoms with Crippen LogP contribution in [-0.2, 0) is 12.5 Å². The lowest BCUT2D eigenvalue weighted by Crippen LogP contribution is -2.15. The molecule has 6 nitrogen and oxygen atoms in total. The predicted octanol–water partition coefficient (Wildman–Crippen LogP) is 2.01. The van der Waals surface area contributed by atoms with Gasteiger partial charge in [-0.1, -0.05) is 20.8 Å². The standard InChI is InChI=1S/C12H17N5OS/c1-12(2,3)8-6-19-11(15-8)16-10(18)7-5-14-17(4)9(7)13/h5-6H,13H2,1-4H3,(H,15,16,18). The van der Waals surface area contributed by atoms with Crippen molar-refractivity contribution >= 4 is 28.2 Å². The lowest BCUT2D eigenvalue weighted by molar-refractivity contribution is 0.102. The third-order valence-corrected chi connectivity index (χ3v) is 3.48. The van der Waals surface area contributed by atoms with E-state index in [1.165, 1.54) is 22.2 Å². The Morgan fingerprint density at radius 3 is 2.63 bits per heavy atom. The minimum atomic E-state index is -0.291. The van der Waals surface area contributed by atoms with Gasteiger partial charge in [0.2, 0.25) is 0 Å². The molecule has 0 fully saturated rings. The normalized spacial score (nSPS) is 11.6. The molecule has 0 saturated heterocycles. The fraction of sp³-hybridized carbons (Fsp3) is 0.417. The first-order chi connectivity index (χ1) is 8.79. The third-order valence-electron chi connectivity index (χ3n) is 2.72. The molecule has 2 aromatic rings. The van der Waals surface area contributed by atoms with E-state index >= 15 is 0 Å². The molecule has 0 aliphatic carbocycles. The fourth-order valence-corrected chi connectivity index (χ4v) is 2.39. The Hall–Kier alpha value is -1.89. The second-order valence-corrected chi connectivity index (χ2v) is 6.17. The van der Waals surface area contributed by atoms with Crippen LogP contribution in [0.2, 0.25) is 0 Å². The molecule has 0 radical (unpaired) electrons. The number of nitrogens with one attached hydrogen (secondary N) is 1. The summed E-state index contributed by atoms with van der Waals surface area (Å²) in [5.74, 6) is 0.0468. The van der Waals surface area contributed by atoms with Crippen LogP contribution >= 0.6 is 11.3 Å². The van der Waals surface area contributed by atoms with Gasteiger partial charge in [-0.25, -0.2) is 4.98 Å². The van der Waals surface area contributed by atoms with Crippen molar-refractivity contribution in [3.8, 4) is 0 Å². The van der Waals surface area contributed by atoms with E-state index in [0.29, 0.717) is 16.5 Å². The summed E-state index contributed by atoms with van der Waals surface area (Å²) in [6.45, 7) is 6.23. The van der Waals surface area contributed by atoms with Crippen molar-refractivity contribution in [2.45, 2.75) is 26.2 Å². The van der Waals surface area contributed by atoms with Crippen LogP contribution in [0.5, 0.6) is 0 Å². The van der Waals surface area contributed by atoms with Crippen molar-refractivity contribution in [2.24, 2.45) is 7.05 Å². The average Bonchev–Trinajstić information content (AvgIpc) is 2.87. The van der Waals surface area contributed by atoms with Crippen LogP contribution in [0.3, 0.4) is 0 Å². The van der Waals surface area contributed by atoms with Gasteiger partial charge in [0.1, 0.15) is 11.4 Å². The van der Waals surface area contributed by atoms with Crippen molar-refractivity contribution < 1.29 is 4.79 Å². The van der Waals surface area contributed by atoms with Crippen molar-refractivity contribution in [1.82, 2.24) is 14.8 Å². The molecule has 2 rings (SSSR count). The van der Waals surface area contributed by atoms with E-state index in [0.717, 1.165) is 5.69 Å². The number of thiazole rings is 1. The number of anilines is 2. The monoisotopic (exact) mass is 279 g/mol. The first kappa shape index (κ1) is 13.5. The zero-order valence-electron chi connectivity index (χ0n) is 11.4. The van der Waals surface area contributed by atoms with Crippen LogP contribution in [0.4, 0.5) is 10.9 Å². The molecule has 0 aromatic carbocycles. The molecular weight excluding hydrogens is 262 g/mol. The maximum Gasteiger partial charge on any atom is 0.262 e. The Morgan fingerprint density at radius 1 is 1.47 bits per heavy atom. The summed E-state index contributed by atoms with van der Waals surface area (Å²) in [7, 11) is 1.69. The first-order valence-electron chi connectivity index (χ1n) is 5.84. The second kappa shape index (κ2) is 4.65. The lowest BCUT2D eigenvalue weighted by atomic mass is 9.93.